The molecule has 0 saturated heterocycles. The number of rotatable bonds is 4. The number of carbonyl (C=O) groups is 1. The zero-order chi connectivity index (χ0) is 14.6. The van der Waals surface area contributed by atoms with E-state index < -0.39 is 5.60 Å². The summed E-state index contributed by atoms with van der Waals surface area (Å²) in [5.74, 6) is 1.18. The summed E-state index contributed by atoms with van der Waals surface area (Å²) in [5.41, 5.74) is 5.10. The van der Waals surface area contributed by atoms with E-state index in [0.717, 1.165) is 44.9 Å². The highest BCUT2D eigenvalue weighted by Crippen LogP contribution is 2.32. The van der Waals surface area contributed by atoms with E-state index in [1.807, 2.05) is 0 Å². The number of nitrogens with one attached hydrogen (secondary N) is 1. The summed E-state index contributed by atoms with van der Waals surface area (Å²) < 4.78 is 0. The molecule has 0 aromatic carbocycles. The molecule has 0 radical (unpaired) electrons. The Hall–Kier alpha value is -0.610. The Kier molecular flexibility index (Phi) is 5.44. The van der Waals surface area contributed by atoms with Gasteiger partial charge in [-0.05, 0) is 56.9 Å². The van der Waals surface area contributed by atoms with Crippen molar-refractivity contribution in [3.8, 4) is 0 Å². The molecule has 4 nitrogen and oxygen atoms in total. The van der Waals surface area contributed by atoms with Gasteiger partial charge in [0.1, 0.15) is 0 Å². The van der Waals surface area contributed by atoms with E-state index in [2.05, 4.69) is 12.2 Å². The highest BCUT2D eigenvalue weighted by molar-refractivity contribution is 5.79. The van der Waals surface area contributed by atoms with Crippen molar-refractivity contribution in [2.75, 3.05) is 13.1 Å². The fourth-order valence-corrected chi connectivity index (χ4v) is 3.69. The van der Waals surface area contributed by atoms with Gasteiger partial charge in [-0.2, -0.15) is 0 Å². The summed E-state index contributed by atoms with van der Waals surface area (Å²) in [6.07, 6.45) is 8.05. The maximum Gasteiger partial charge on any atom is 0.223 e. The van der Waals surface area contributed by atoms with Gasteiger partial charge in [-0.3, -0.25) is 4.79 Å². The molecule has 4 heteroatoms. The number of carbonyl (C=O) groups excluding carboxylic acids is 1. The molecule has 2 unspecified atom stereocenters. The largest absolute Gasteiger partial charge is 0.388 e. The second kappa shape index (κ2) is 6.90. The van der Waals surface area contributed by atoms with Crippen molar-refractivity contribution < 1.29 is 9.90 Å². The van der Waals surface area contributed by atoms with Crippen LogP contribution in [-0.4, -0.2) is 29.7 Å². The van der Waals surface area contributed by atoms with Crippen molar-refractivity contribution in [3.05, 3.63) is 0 Å². The number of nitrogens with two attached hydrogens (primary N) is 1. The van der Waals surface area contributed by atoms with Crippen LogP contribution in [0.3, 0.4) is 0 Å². The van der Waals surface area contributed by atoms with Gasteiger partial charge in [-0.25, -0.2) is 0 Å². The van der Waals surface area contributed by atoms with Crippen LogP contribution in [0.1, 0.15) is 58.3 Å². The third-order valence-electron chi connectivity index (χ3n) is 5.35. The van der Waals surface area contributed by atoms with Crippen LogP contribution in [-0.2, 0) is 4.79 Å². The Balaban J connectivity index is 1.82. The zero-order valence-corrected chi connectivity index (χ0v) is 12.7. The summed E-state index contributed by atoms with van der Waals surface area (Å²) in [5, 5.41) is 13.5. The summed E-state index contributed by atoms with van der Waals surface area (Å²) >= 11 is 0. The van der Waals surface area contributed by atoms with Gasteiger partial charge in [0.15, 0.2) is 0 Å². The van der Waals surface area contributed by atoms with E-state index in [4.69, 9.17) is 5.73 Å². The van der Waals surface area contributed by atoms with Crippen LogP contribution in [0.4, 0.5) is 0 Å². The van der Waals surface area contributed by atoms with E-state index in [1.54, 1.807) is 0 Å². The van der Waals surface area contributed by atoms with Gasteiger partial charge in [0.25, 0.3) is 0 Å². The average molecular weight is 282 g/mol. The summed E-state index contributed by atoms with van der Waals surface area (Å²) in [6, 6.07) is 0. The molecule has 2 rings (SSSR count). The smallest absolute Gasteiger partial charge is 0.223 e. The monoisotopic (exact) mass is 282 g/mol. The van der Waals surface area contributed by atoms with Crippen LogP contribution in [0.2, 0.25) is 0 Å². The first-order valence-corrected chi connectivity index (χ1v) is 8.24. The normalized spacial score (nSPS) is 38.5. The standard InChI is InChI=1S/C16H30N2O2/c1-12-6-8-16(20,9-7-12)11-18-15(19)14-5-3-2-4-13(14)10-17/h12-14,20H,2-11,17H2,1H3,(H,18,19). The predicted octanol–water partition coefficient (Wildman–Crippen LogP) is 1.81. The molecule has 0 spiro atoms. The lowest BCUT2D eigenvalue weighted by Crippen LogP contribution is -2.48. The quantitative estimate of drug-likeness (QED) is 0.736. The lowest BCUT2D eigenvalue weighted by molar-refractivity contribution is -0.129. The van der Waals surface area contributed by atoms with Gasteiger partial charge in [0, 0.05) is 12.5 Å². The third-order valence-corrected chi connectivity index (χ3v) is 5.35. The predicted molar refractivity (Wildman–Crippen MR) is 80.1 cm³/mol. The molecule has 2 aliphatic carbocycles. The molecule has 2 atom stereocenters. The number of hydrogen-bond acceptors (Lipinski definition) is 3. The number of amides is 1. The minimum atomic E-state index is -0.685. The van der Waals surface area contributed by atoms with E-state index in [9.17, 15) is 9.90 Å². The van der Waals surface area contributed by atoms with Gasteiger partial charge in [-0.15, -0.1) is 0 Å². The highest BCUT2D eigenvalue weighted by atomic mass is 16.3. The van der Waals surface area contributed by atoms with Gasteiger partial charge < -0.3 is 16.2 Å². The van der Waals surface area contributed by atoms with E-state index >= 15 is 0 Å². The molecule has 2 fully saturated rings. The Bertz CT molecular complexity index is 324. The lowest BCUT2D eigenvalue weighted by atomic mass is 9.77. The Morgan fingerprint density at radius 3 is 2.55 bits per heavy atom. The van der Waals surface area contributed by atoms with Crippen molar-refractivity contribution in [1.82, 2.24) is 5.32 Å². The van der Waals surface area contributed by atoms with Crippen LogP contribution in [0, 0.1) is 17.8 Å². The second-order valence-corrected chi connectivity index (χ2v) is 7.01. The second-order valence-electron chi connectivity index (χ2n) is 7.01. The molecule has 4 N–H and O–H groups in total. The fourth-order valence-electron chi connectivity index (χ4n) is 3.69. The van der Waals surface area contributed by atoms with Crippen molar-refractivity contribution in [3.63, 3.8) is 0 Å². The van der Waals surface area contributed by atoms with Crippen molar-refractivity contribution in [2.24, 2.45) is 23.5 Å². The molecule has 2 saturated carbocycles. The van der Waals surface area contributed by atoms with Crippen molar-refractivity contribution in [1.29, 1.82) is 0 Å². The number of aliphatic hydroxyl groups is 1. The molecular formula is C16H30N2O2. The lowest BCUT2D eigenvalue weighted by Gasteiger charge is -2.36. The Morgan fingerprint density at radius 2 is 1.90 bits per heavy atom. The molecule has 0 aliphatic heterocycles. The van der Waals surface area contributed by atoms with Crippen LogP contribution >= 0.6 is 0 Å². The topological polar surface area (TPSA) is 75.3 Å². The number of hydrogen-bond donors (Lipinski definition) is 3. The molecule has 0 heterocycles. The van der Waals surface area contributed by atoms with Gasteiger partial charge in [0.05, 0.1) is 5.60 Å². The maximum absolute atomic E-state index is 12.3. The molecule has 0 bridgehead atoms. The van der Waals surface area contributed by atoms with Gasteiger partial charge in [0.2, 0.25) is 5.91 Å². The third kappa shape index (κ3) is 3.95. The first-order chi connectivity index (χ1) is 9.54. The first-order valence-electron chi connectivity index (χ1n) is 8.24. The van der Waals surface area contributed by atoms with Crippen molar-refractivity contribution >= 4 is 5.91 Å². The molecule has 116 valence electrons. The van der Waals surface area contributed by atoms with Gasteiger partial charge >= 0.3 is 0 Å². The minimum absolute atomic E-state index is 0.0554. The van der Waals surface area contributed by atoms with E-state index in [-0.39, 0.29) is 11.8 Å². The minimum Gasteiger partial charge on any atom is -0.388 e. The SMILES string of the molecule is CC1CCC(O)(CNC(=O)C2CCCCC2CN)CC1. The summed E-state index contributed by atoms with van der Waals surface area (Å²) in [6.45, 7) is 3.23. The van der Waals surface area contributed by atoms with E-state index in [0.29, 0.717) is 24.9 Å². The molecule has 1 amide bonds. The average Bonchev–Trinajstić information content (AvgIpc) is 2.48. The molecule has 0 aromatic rings. The maximum atomic E-state index is 12.3. The van der Waals surface area contributed by atoms with Crippen LogP contribution < -0.4 is 11.1 Å². The van der Waals surface area contributed by atoms with Crippen LogP contribution in [0.15, 0.2) is 0 Å². The molecule has 20 heavy (non-hydrogen) atoms. The van der Waals surface area contributed by atoms with Gasteiger partial charge in [-0.1, -0.05) is 19.8 Å². The van der Waals surface area contributed by atoms with Crippen LogP contribution in [0.5, 0.6) is 0 Å². The Morgan fingerprint density at radius 1 is 1.25 bits per heavy atom. The zero-order valence-electron chi connectivity index (χ0n) is 12.7. The summed E-state index contributed by atoms with van der Waals surface area (Å²) in [7, 11) is 0. The van der Waals surface area contributed by atoms with E-state index in [1.165, 1.54) is 6.42 Å². The summed E-state index contributed by atoms with van der Waals surface area (Å²) in [4.78, 5) is 12.3. The fraction of sp³-hybridized carbons (Fsp3) is 0.938. The van der Waals surface area contributed by atoms with Crippen LogP contribution in [0.25, 0.3) is 0 Å². The highest BCUT2D eigenvalue weighted by Gasteiger charge is 2.34. The molecule has 2 aliphatic rings. The van der Waals surface area contributed by atoms with Crippen molar-refractivity contribution in [2.45, 2.75) is 63.9 Å². The Labute approximate surface area is 122 Å². The molecular weight excluding hydrogens is 252 g/mol. The molecule has 0 aromatic heterocycles. The first kappa shape index (κ1) is 15.8.